The summed E-state index contributed by atoms with van der Waals surface area (Å²) in [5.41, 5.74) is 0.163. The van der Waals surface area contributed by atoms with E-state index in [2.05, 4.69) is 9.84 Å². The highest BCUT2D eigenvalue weighted by Gasteiger charge is 2.26. The second-order valence-corrected chi connectivity index (χ2v) is 4.44. The van der Waals surface area contributed by atoms with Gasteiger partial charge < -0.3 is 9.84 Å². The minimum Gasteiger partial charge on any atom is -0.478 e. The first-order valence-electron chi connectivity index (χ1n) is 5.75. The molecule has 1 aromatic carbocycles. The van der Waals surface area contributed by atoms with E-state index in [0.717, 1.165) is 18.9 Å². The first-order valence-corrected chi connectivity index (χ1v) is 5.75. The van der Waals surface area contributed by atoms with Crippen molar-refractivity contribution in [1.29, 1.82) is 0 Å². The number of alkyl halides is 2. The summed E-state index contributed by atoms with van der Waals surface area (Å²) in [6.07, 6.45) is 3.65. The normalized spacial score (nSPS) is 15.1. The van der Waals surface area contributed by atoms with E-state index in [4.69, 9.17) is 5.11 Å². The number of carboxylic acids is 1. The quantitative estimate of drug-likeness (QED) is 0.925. The molecule has 1 saturated carbocycles. The van der Waals surface area contributed by atoms with Crippen molar-refractivity contribution < 1.29 is 23.4 Å². The van der Waals surface area contributed by atoms with Gasteiger partial charge >= 0.3 is 12.6 Å². The lowest BCUT2D eigenvalue weighted by atomic mass is 10.1. The van der Waals surface area contributed by atoms with Crippen molar-refractivity contribution in [3.63, 3.8) is 0 Å². The Balaban J connectivity index is 2.14. The SMILES string of the molecule is O=C(O)c1cc(OC(F)F)c2nn(C3CC3)cc2c1. The molecule has 5 nitrogen and oxygen atoms in total. The van der Waals surface area contributed by atoms with Gasteiger partial charge in [-0.25, -0.2) is 4.79 Å². The lowest BCUT2D eigenvalue weighted by Crippen LogP contribution is -2.04. The molecular formula is C12H10F2N2O3. The maximum absolute atomic E-state index is 12.4. The number of halogens is 2. The molecule has 2 aromatic rings. The summed E-state index contributed by atoms with van der Waals surface area (Å²) < 4.78 is 30.7. The Kier molecular flexibility index (Phi) is 2.62. The predicted octanol–water partition coefficient (Wildman–Crippen LogP) is 2.67. The van der Waals surface area contributed by atoms with Crippen LogP contribution in [0.3, 0.4) is 0 Å². The summed E-state index contributed by atoms with van der Waals surface area (Å²) in [7, 11) is 0. The Labute approximate surface area is 106 Å². The molecule has 0 amide bonds. The summed E-state index contributed by atoms with van der Waals surface area (Å²) in [5.74, 6) is -1.40. The topological polar surface area (TPSA) is 64.3 Å². The van der Waals surface area contributed by atoms with Gasteiger partial charge in [-0.2, -0.15) is 13.9 Å². The second kappa shape index (κ2) is 4.18. The first-order chi connectivity index (χ1) is 9.04. The fourth-order valence-electron chi connectivity index (χ4n) is 1.96. The third kappa shape index (κ3) is 2.23. The van der Waals surface area contributed by atoms with Crippen LogP contribution < -0.4 is 4.74 Å². The third-order valence-corrected chi connectivity index (χ3v) is 2.98. The van der Waals surface area contributed by atoms with Crippen molar-refractivity contribution in [2.45, 2.75) is 25.5 Å². The van der Waals surface area contributed by atoms with Gasteiger partial charge in [0.2, 0.25) is 0 Å². The van der Waals surface area contributed by atoms with Crippen LogP contribution in [0.1, 0.15) is 29.2 Å². The molecule has 100 valence electrons. The van der Waals surface area contributed by atoms with Gasteiger partial charge in [0.1, 0.15) is 5.52 Å². The van der Waals surface area contributed by atoms with Crippen molar-refractivity contribution in [2.24, 2.45) is 0 Å². The van der Waals surface area contributed by atoms with Crippen LogP contribution in [0.25, 0.3) is 10.9 Å². The number of carboxylic acid groups (broad SMARTS) is 1. The van der Waals surface area contributed by atoms with E-state index in [1.54, 1.807) is 10.9 Å². The molecule has 1 fully saturated rings. The van der Waals surface area contributed by atoms with Gasteiger partial charge in [0.15, 0.2) is 5.75 Å². The summed E-state index contributed by atoms with van der Waals surface area (Å²) in [6.45, 7) is -3.02. The van der Waals surface area contributed by atoms with Gasteiger partial charge in [0.25, 0.3) is 0 Å². The van der Waals surface area contributed by atoms with Crippen molar-refractivity contribution >= 4 is 16.9 Å². The lowest BCUT2D eigenvalue weighted by Gasteiger charge is -2.06. The van der Waals surface area contributed by atoms with Crippen molar-refractivity contribution in [1.82, 2.24) is 9.78 Å². The molecule has 0 atom stereocenters. The van der Waals surface area contributed by atoms with E-state index in [1.165, 1.54) is 6.07 Å². The van der Waals surface area contributed by atoms with Gasteiger partial charge in [0.05, 0.1) is 11.6 Å². The Morgan fingerprint density at radius 2 is 2.21 bits per heavy atom. The molecule has 0 unspecified atom stereocenters. The Hall–Kier alpha value is -2.18. The number of hydrogen-bond donors (Lipinski definition) is 1. The molecule has 19 heavy (non-hydrogen) atoms. The number of nitrogens with zero attached hydrogens (tertiary/aromatic N) is 2. The molecule has 3 rings (SSSR count). The zero-order valence-electron chi connectivity index (χ0n) is 9.72. The maximum Gasteiger partial charge on any atom is 0.387 e. The average molecular weight is 268 g/mol. The molecule has 1 N–H and O–H groups in total. The number of hydrogen-bond acceptors (Lipinski definition) is 3. The monoisotopic (exact) mass is 268 g/mol. The van der Waals surface area contributed by atoms with Crippen LogP contribution in [-0.4, -0.2) is 27.5 Å². The number of ether oxygens (including phenoxy) is 1. The molecule has 1 aromatic heterocycles. The molecule has 0 spiro atoms. The molecular weight excluding hydrogens is 258 g/mol. The van der Waals surface area contributed by atoms with Crippen LogP contribution in [0.4, 0.5) is 8.78 Å². The van der Waals surface area contributed by atoms with Crippen LogP contribution in [0.5, 0.6) is 5.75 Å². The fourth-order valence-corrected chi connectivity index (χ4v) is 1.96. The number of carbonyl (C=O) groups is 1. The van der Waals surface area contributed by atoms with Crippen molar-refractivity contribution in [3.05, 3.63) is 23.9 Å². The van der Waals surface area contributed by atoms with Gasteiger partial charge in [-0.1, -0.05) is 0 Å². The largest absolute Gasteiger partial charge is 0.478 e. The molecule has 1 heterocycles. The summed E-state index contributed by atoms with van der Waals surface area (Å²) in [5, 5.41) is 13.6. The van der Waals surface area contributed by atoms with Crippen LogP contribution in [0.2, 0.25) is 0 Å². The van der Waals surface area contributed by atoms with Gasteiger partial charge in [-0.3, -0.25) is 4.68 Å². The van der Waals surface area contributed by atoms with Gasteiger partial charge in [-0.15, -0.1) is 0 Å². The minimum absolute atomic E-state index is 0.0986. The average Bonchev–Trinajstić information content (AvgIpc) is 3.08. The molecule has 1 aliphatic rings. The lowest BCUT2D eigenvalue weighted by molar-refractivity contribution is -0.0490. The maximum atomic E-state index is 12.4. The van der Waals surface area contributed by atoms with E-state index >= 15 is 0 Å². The Bertz CT molecular complexity index is 650. The smallest absolute Gasteiger partial charge is 0.387 e. The summed E-state index contributed by atoms with van der Waals surface area (Å²) in [4.78, 5) is 11.0. The number of aromatic nitrogens is 2. The standard InChI is InChI=1S/C12H10F2N2O3/c13-12(14)19-9-4-6(11(17)18)3-7-5-16(8-1-2-8)15-10(7)9/h3-5,8,12H,1-2H2,(H,17,18). The number of benzene rings is 1. The highest BCUT2D eigenvalue weighted by molar-refractivity contribution is 5.96. The minimum atomic E-state index is -3.02. The van der Waals surface area contributed by atoms with E-state index in [1.807, 2.05) is 0 Å². The highest BCUT2D eigenvalue weighted by Crippen LogP contribution is 2.37. The predicted molar refractivity (Wildman–Crippen MR) is 61.6 cm³/mol. The number of fused-ring (bicyclic) bond motifs is 1. The van der Waals surface area contributed by atoms with E-state index < -0.39 is 12.6 Å². The molecule has 1 aliphatic carbocycles. The van der Waals surface area contributed by atoms with E-state index in [0.29, 0.717) is 5.39 Å². The molecule has 0 aliphatic heterocycles. The van der Waals surface area contributed by atoms with E-state index in [9.17, 15) is 13.6 Å². The van der Waals surface area contributed by atoms with Crippen molar-refractivity contribution in [3.8, 4) is 5.75 Å². The molecule has 0 bridgehead atoms. The van der Waals surface area contributed by atoms with Gasteiger partial charge in [0, 0.05) is 11.6 Å². The summed E-state index contributed by atoms with van der Waals surface area (Å²) >= 11 is 0. The van der Waals surface area contributed by atoms with E-state index in [-0.39, 0.29) is 22.9 Å². The molecule has 0 saturated heterocycles. The zero-order valence-corrected chi connectivity index (χ0v) is 9.72. The van der Waals surface area contributed by atoms with Crippen molar-refractivity contribution in [2.75, 3.05) is 0 Å². The number of rotatable bonds is 4. The highest BCUT2D eigenvalue weighted by atomic mass is 19.3. The van der Waals surface area contributed by atoms with Crippen LogP contribution in [0, 0.1) is 0 Å². The van der Waals surface area contributed by atoms with Crippen LogP contribution in [-0.2, 0) is 0 Å². The zero-order chi connectivity index (χ0) is 13.6. The Morgan fingerprint density at radius 1 is 1.47 bits per heavy atom. The summed E-state index contributed by atoms with van der Waals surface area (Å²) in [6, 6.07) is 2.75. The third-order valence-electron chi connectivity index (χ3n) is 2.98. The molecule has 0 radical (unpaired) electrons. The molecule has 7 heteroatoms. The Morgan fingerprint density at radius 3 is 2.79 bits per heavy atom. The fraction of sp³-hybridized carbons (Fsp3) is 0.333. The van der Waals surface area contributed by atoms with Gasteiger partial charge in [-0.05, 0) is 25.0 Å². The van der Waals surface area contributed by atoms with Crippen LogP contribution in [0.15, 0.2) is 18.3 Å². The first kappa shape index (κ1) is 11.9. The van der Waals surface area contributed by atoms with Crippen LogP contribution >= 0.6 is 0 Å². The number of aromatic carboxylic acids is 1. The second-order valence-electron chi connectivity index (χ2n) is 4.44.